The fourth-order valence-electron chi connectivity index (χ4n) is 6.49. The van der Waals surface area contributed by atoms with Gasteiger partial charge in [-0.25, -0.2) is 9.18 Å². The molecule has 204 valence electrons. The SMILES string of the molecule is N[C@H](CF)C1CCC(C(=O)N2CCC(=C3CCCCC3)[C@H]2C(=O)Nc2ccc3oc(C(=O)O)cc3c2)CC1. The van der Waals surface area contributed by atoms with Crippen molar-refractivity contribution in [3.05, 3.63) is 41.2 Å². The lowest BCUT2D eigenvalue weighted by molar-refractivity contribution is -0.140. The first kappa shape index (κ1) is 26.4. The van der Waals surface area contributed by atoms with Crippen LogP contribution in [0.4, 0.5) is 10.1 Å². The Hall–Kier alpha value is -3.20. The van der Waals surface area contributed by atoms with Gasteiger partial charge in [0.2, 0.25) is 11.7 Å². The number of furan rings is 1. The Morgan fingerprint density at radius 1 is 1.08 bits per heavy atom. The van der Waals surface area contributed by atoms with Crippen LogP contribution in [0.15, 0.2) is 39.8 Å². The number of nitrogens with zero attached hydrogens (tertiary/aromatic N) is 1. The van der Waals surface area contributed by atoms with E-state index in [9.17, 15) is 23.9 Å². The quantitative estimate of drug-likeness (QED) is 0.454. The lowest BCUT2D eigenvalue weighted by atomic mass is 9.78. The van der Waals surface area contributed by atoms with Gasteiger partial charge >= 0.3 is 5.97 Å². The van der Waals surface area contributed by atoms with Crippen LogP contribution in [0.5, 0.6) is 0 Å². The topological polar surface area (TPSA) is 126 Å². The molecule has 2 amide bonds. The number of aromatic carboxylic acids is 1. The van der Waals surface area contributed by atoms with E-state index in [2.05, 4.69) is 5.32 Å². The van der Waals surface area contributed by atoms with Crippen LogP contribution in [0.3, 0.4) is 0 Å². The number of carbonyl (C=O) groups excluding carboxylic acids is 2. The zero-order valence-electron chi connectivity index (χ0n) is 21.6. The minimum Gasteiger partial charge on any atom is -0.475 e. The van der Waals surface area contributed by atoms with E-state index in [1.165, 1.54) is 18.1 Å². The number of anilines is 1. The average molecular weight is 526 g/mol. The Morgan fingerprint density at radius 2 is 1.82 bits per heavy atom. The number of likely N-dealkylation sites (tertiary alicyclic amines) is 1. The average Bonchev–Trinajstić information content (AvgIpc) is 3.58. The highest BCUT2D eigenvalue weighted by Gasteiger charge is 2.42. The molecule has 4 N–H and O–H groups in total. The fourth-order valence-corrected chi connectivity index (χ4v) is 6.49. The van der Waals surface area contributed by atoms with Crippen LogP contribution in [0, 0.1) is 11.8 Å². The normalized spacial score (nSPS) is 25.0. The first-order chi connectivity index (χ1) is 18.4. The molecule has 1 saturated heterocycles. The van der Waals surface area contributed by atoms with Crippen LogP contribution < -0.4 is 11.1 Å². The molecule has 3 fully saturated rings. The van der Waals surface area contributed by atoms with Gasteiger partial charge in [-0.1, -0.05) is 12.0 Å². The summed E-state index contributed by atoms with van der Waals surface area (Å²) in [5.41, 5.74) is 9.23. The maximum Gasteiger partial charge on any atom is 0.371 e. The Balaban J connectivity index is 1.37. The summed E-state index contributed by atoms with van der Waals surface area (Å²) in [4.78, 5) is 40.5. The number of carboxylic acids is 1. The number of alkyl halides is 1. The molecule has 0 radical (unpaired) electrons. The number of nitrogens with two attached hydrogens (primary N) is 1. The second-order valence-corrected chi connectivity index (χ2v) is 11.0. The predicted molar refractivity (Wildman–Crippen MR) is 141 cm³/mol. The van der Waals surface area contributed by atoms with E-state index < -0.39 is 24.7 Å². The Labute approximate surface area is 221 Å². The maximum absolute atomic E-state index is 13.8. The molecular weight excluding hydrogens is 489 g/mol. The molecule has 2 heterocycles. The Bertz CT molecular complexity index is 1240. The molecule has 0 unspecified atom stereocenters. The first-order valence-electron chi connectivity index (χ1n) is 13.8. The number of carbonyl (C=O) groups is 3. The zero-order valence-corrected chi connectivity index (χ0v) is 21.6. The molecule has 1 aromatic heterocycles. The molecule has 1 aliphatic heterocycles. The van der Waals surface area contributed by atoms with Crippen molar-refractivity contribution in [2.24, 2.45) is 17.6 Å². The van der Waals surface area contributed by atoms with Crippen molar-refractivity contribution < 1.29 is 28.3 Å². The van der Waals surface area contributed by atoms with Crippen molar-refractivity contribution in [1.82, 2.24) is 4.90 Å². The summed E-state index contributed by atoms with van der Waals surface area (Å²) in [5.74, 6) is -1.65. The van der Waals surface area contributed by atoms with Crippen LogP contribution in [0.2, 0.25) is 0 Å². The number of hydrogen-bond donors (Lipinski definition) is 3. The fraction of sp³-hybridized carbons (Fsp3) is 0.552. The lowest BCUT2D eigenvalue weighted by Crippen LogP contribution is -2.47. The maximum atomic E-state index is 13.8. The Morgan fingerprint density at radius 3 is 2.50 bits per heavy atom. The highest BCUT2D eigenvalue weighted by atomic mass is 19.1. The van der Waals surface area contributed by atoms with Gasteiger partial charge in [-0.05, 0) is 93.5 Å². The first-order valence-corrected chi connectivity index (χ1v) is 13.8. The van der Waals surface area contributed by atoms with Crippen molar-refractivity contribution in [2.75, 3.05) is 18.5 Å². The highest BCUT2D eigenvalue weighted by molar-refractivity contribution is 6.02. The van der Waals surface area contributed by atoms with Crippen LogP contribution in [0.25, 0.3) is 11.0 Å². The third-order valence-electron chi connectivity index (χ3n) is 8.61. The van der Waals surface area contributed by atoms with Crippen molar-refractivity contribution >= 4 is 34.4 Å². The molecule has 2 aliphatic carbocycles. The largest absolute Gasteiger partial charge is 0.475 e. The molecule has 5 rings (SSSR count). The molecule has 2 atom stereocenters. The van der Waals surface area contributed by atoms with Crippen LogP contribution in [-0.4, -0.2) is 53.1 Å². The Kier molecular flexibility index (Phi) is 7.83. The number of fused-ring (bicyclic) bond motifs is 1. The third-order valence-corrected chi connectivity index (χ3v) is 8.61. The summed E-state index contributed by atoms with van der Waals surface area (Å²) in [5, 5.41) is 12.8. The summed E-state index contributed by atoms with van der Waals surface area (Å²) in [6, 6.07) is 5.30. The smallest absolute Gasteiger partial charge is 0.371 e. The second kappa shape index (κ2) is 11.3. The summed E-state index contributed by atoms with van der Waals surface area (Å²) in [6.07, 6.45) is 8.79. The standard InChI is InChI=1S/C29H36FN3O5/c30-16-23(31)18-6-8-19(9-7-18)28(35)33-13-12-22(17-4-2-1-3-5-17)26(33)27(34)32-21-10-11-24-20(14-21)15-25(38-24)29(36)37/h10-11,14-15,18-19,23,26H,1-9,12-13,16,31H2,(H,32,34)(H,36,37)/t18?,19?,23-,26+/m1/s1. The van der Waals surface area contributed by atoms with Crippen LogP contribution in [-0.2, 0) is 9.59 Å². The van der Waals surface area contributed by atoms with Gasteiger partial charge in [-0.2, -0.15) is 0 Å². The van der Waals surface area contributed by atoms with Crippen LogP contribution in [0.1, 0.15) is 74.8 Å². The zero-order chi connectivity index (χ0) is 26.8. The molecular formula is C29H36FN3O5. The van der Waals surface area contributed by atoms with Gasteiger partial charge in [-0.15, -0.1) is 0 Å². The molecule has 9 heteroatoms. The summed E-state index contributed by atoms with van der Waals surface area (Å²) >= 11 is 0. The van der Waals surface area contributed by atoms with E-state index >= 15 is 0 Å². The van der Waals surface area contributed by atoms with E-state index in [4.69, 9.17) is 10.2 Å². The predicted octanol–water partition coefficient (Wildman–Crippen LogP) is 5.03. The molecule has 38 heavy (non-hydrogen) atoms. The lowest BCUT2D eigenvalue weighted by Gasteiger charge is -2.34. The summed E-state index contributed by atoms with van der Waals surface area (Å²) < 4.78 is 18.4. The molecule has 0 spiro atoms. The molecule has 0 bridgehead atoms. The van der Waals surface area contributed by atoms with Crippen molar-refractivity contribution in [1.29, 1.82) is 0 Å². The van der Waals surface area contributed by atoms with Gasteiger partial charge in [0.25, 0.3) is 5.91 Å². The third kappa shape index (κ3) is 5.34. The number of halogens is 1. The number of hydrogen-bond acceptors (Lipinski definition) is 5. The van der Waals surface area contributed by atoms with Crippen molar-refractivity contribution in [3.63, 3.8) is 0 Å². The van der Waals surface area contributed by atoms with E-state index in [1.54, 1.807) is 23.1 Å². The van der Waals surface area contributed by atoms with Gasteiger partial charge in [-0.3, -0.25) is 9.59 Å². The molecule has 2 aromatic rings. The number of amides is 2. The number of nitrogens with one attached hydrogen (secondary N) is 1. The van der Waals surface area contributed by atoms with Gasteiger partial charge in [0.15, 0.2) is 0 Å². The van der Waals surface area contributed by atoms with Gasteiger partial charge in [0.05, 0.1) is 0 Å². The summed E-state index contributed by atoms with van der Waals surface area (Å²) in [7, 11) is 0. The number of carboxylic acid groups (broad SMARTS) is 1. The molecule has 2 saturated carbocycles. The highest BCUT2D eigenvalue weighted by Crippen LogP contribution is 2.38. The molecule has 3 aliphatic rings. The minimum atomic E-state index is -1.16. The second-order valence-electron chi connectivity index (χ2n) is 11.0. The number of rotatable bonds is 6. The van der Waals surface area contributed by atoms with Crippen LogP contribution >= 0.6 is 0 Å². The van der Waals surface area contributed by atoms with E-state index in [0.717, 1.165) is 44.1 Å². The van der Waals surface area contributed by atoms with E-state index in [0.29, 0.717) is 42.5 Å². The molecule has 8 nitrogen and oxygen atoms in total. The van der Waals surface area contributed by atoms with Gasteiger partial charge in [0.1, 0.15) is 18.3 Å². The minimum absolute atomic E-state index is 0.000200. The van der Waals surface area contributed by atoms with Crippen molar-refractivity contribution in [2.45, 2.75) is 76.3 Å². The molecule has 1 aromatic carbocycles. The van der Waals surface area contributed by atoms with Gasteiger partial charge < -0.3 is 25.5 Å². The number of benzene rings is 1. The summed E-state index contributed by atoms with van der Waals surface area (Å²) in [6.45, 7) is -0.0285. The van der Waals surface area contributed by atoms with Crippen molar-refractivity contribution in [3.8, 4) is 0 Å². The van der Waals surface area contributed by atoms with E-state index in [-0.39, 0.29) is 29.4 Å². The van der Waals surface area contributed by atoms with Gasteiger partial charge in [0, 0.05) is 29.6 Å². The van der Waals surface area contributed by atoms with E-state index in [1.807, 2.05) is 0 Å². The monoisotopic (exact) mass is 525 g/mol. The number of allylic oxidation sites excluding steroid dienone is 1.